The molecule has 2 aromatic rings. The van der Waals surface area contributed by atoms with Gasteiger partial charge in [0.15, 0.2) is 0 Å². The van der Waals surface area contributed by atoms with Crippen molar-refractivity contribution in [3.8, 4) is 5.75 Å². The topological polar surface area (TPSA) is 58.6 Å². The zero-order valence-electron chi connectivity index (χ0n) is 16.9. The Labute approximate surface area is 168 Å². The molecule has 1 heterocycles. The maximum absolute atomic E-state index is 12.7. The highest BCUT2D eigenvalue weighted by Crippen LogP contribution is 2.24. The summed E-state index contributed by atoms with van der Waals surface area (Å²) in [6, 6.07) is 13.2. The van der Waals surface area contributed by atoms with Crippen LogP contribution in [-0.4, -0.2) is 28.6 Å². The Morgan fingerprint density at radius 2 is 1.93 bits per heavy atom. The second-order valence-corrected chi connectivity index (χ2v) is 9.28. The van der Waals surface area contributed by atoms with E-state index in [0.717, 1.165) is 30.1 Å². The summed E-state index contributed by atoms with van der Waals surface area (Å²) in [6.07, 6.45) is 3.23. The molecule has 1 N–H and O–H groups in total. The van der Waals surface area contributed by atoms with Crippen LogP contribution in [0.1, 0.15) is 37.8 Å². The van der Waals surface area contributed by atoms with Gasteiger partial charge in [-0.05, 0) is 66.6 Å². The highest BCUT2D eigenvalue weighted by molar-refractivity contribution is 7.89. The van der Waals surface area contributed by atoms with Gasteiger partial charge in [0.25, 0.3) is 0 Å². The van der Waals surface area contributed by atoms with Crippen LogP contribution in [0.2, 0.25) is 0 Å². The van der Waals surface area contributed by atoms with E-state index in [9.17, 15) is 8.42 Å². The smallest absolute Gasteiger partial charge is 0.240 e. The molecule has 3 rings (SSSR count). The lowest BCUT2D eigenvalue weighted by molar-refractivity contribution is 0.409. The summed E-state index contributed by atoms with van der Waals surface area (Å²) in [6.45, 7) is 6.72. The number of benzene rings is 2. The van der Waals surface area contributed by atoms with Gasteiger partial charge in [0.05, 0.1) is 12.0 Å². The second kappa shape index (κ2) is 8.97. The summed E-state index contributed by atoms with van der Waals surface area (Å²) < 4.78 is 33.3. The molecule has 152 valence electrons. The van der Waals surface area contributed by atoms with E-state index in [2.05, 4.69) is 28.7 Å². The number of ether oxygens (including phenoxy) is 1. The summed E-state index contributed by atoms with van der Waals surface area (Å²) in [5.74, 6) is 1.43. The third kappa shape index (κ3) is 4.86. The second-order valence-electron chi connectivity index (χ2n) is 7.51. The summed E-state index contributed by atoms with van der Waals surface area (Å²) in [7, 11) is -1.98. The molecule has 0 aliphatic carbocycles. The molecule has 6 heteroatoms. The van der Waals surface area contributed by atoms with Gasteiger partial charge in [-0.3, -0.25) is 0 Å². The minimum absolute atomic E-state index is 0.268. The van der Waals surface area contributed by atoms with Crippen molar-refractivity contribution in [2.75, 3.05) is 25.1 Å². The van der Waals surface area contributed by atoms with E-state index < -0.39 is 10.0 Å². The first-order valence-electron chi connectivity index (χ1n) is 9.93. The first kappa shape index (κ1) is 20.7. The van der Waals surface area contributed by atoms with Crippen LogP contribution >= 0.6 is 0 Å². The van der Waals surface area contributed by atoms with Crippen molar-refractivity contribution < 1.29 is 13.2 Å². The van der Waals surface area contributed by atoms with E-state index in [1.165, 1.54) is 18.5 Å². The maximum atomic E-state index is 12.7. The first-order chi connectivity index (χ1) is 13.4. The Morgan fingerprint density at radius 3 is 2.57 bits per heavy atom. The van der Waals surface area contributed by atoms with E-state index in [4.69, 9.17) is 4.74 Å². The van der Waals surface area contributed by atoms with Crippen LogP contribution in [0.5, 0.6) is 5.75 Å². The summed E-state index contributed by atoms with van der Waals surface area (Å²) in [5.41, 5.74) is 3.04. The van der Waals surface area contributed by atoms with E-state index in [0.29, 0.717) is 12.2 Å². The third-order valence-electron chi connectivity index (χ3n) is 5.37. The summed E-state index contributed by atoms with van der Waals surface area (Å²) in [4.78, 5) is 2.68. The number of piperidine rings is 1. The van der Waals surface area contributed by atoms with Crippen LogP contribution in [0.25, 0.3) is 0 Å². The highest BCUT2D eigenvalue weighted by Gasteiger charge is 2.18. The van der Waals surface area contributed by atoms with Crippen molar-refractivity contribution in [3.05, 3.63) is 53.6 Å². The quantitative estimate of drug-likeness (QED) is 0.761. The normalized spacial score (nSPS) is 17.5. The maximum Gasteiger partial charge on any atom is 0.240 e. The van der Waals surface area contributed by atoms with Crippen LogP contribution in [0.3, 0.4) is 0 Å². The Kier molecular flexibility index (Phi) is 6.62. The monoisotopic (exact) mass is 402 g/mol. The lowest BCUT2D eigenvalue weighted by atomic mass is 9.99. The molecule has 1 atom stereocenters. The molecule has 1 aliphatic heterocycles. The molecule has 1 saturated heterocycles. The molecule has 5 nitrogen and oxygen atoms in total. The van der Waals surface area contributed by atoms with Gasteiger partial charge in [0.2, 0.25) is 10.0 Å². The van der Waals surface area contributed by atoms with Crippen LogP contribution in [0, 0.1) is 5.92 Å². The van der Waals surface area contributed by atoms with Crippen molar-refractivity contribution in [2.45, 2.75) is 44.6 Å². The highest BCUT2D eigenvalue weighted by atomic mass is 32.2. The molecular formula is C22H30N2O3S. The predicted octanol–water partition coefficient (Wildman–Crippen LogP) is 3.97. The summed E-state index contributed by atoms with van der Waals surface area (Å²) >= 11 is 0. The van der Waals surface area contributed by atoms with E-state index >= 15 is 0 Å². The van der Waals surface area contributed by atoms with E-state index in [1.807, 2.05) is 19.1 Å². The first-order valence-corrected chi connectivity index (χ1v) is 11.4. The summed E-state index contributed by atoms with van der Waals surface area (Å²) in [5, 5.41) is 0. The fourth-order valence-corrected chi connectivity index (χ4v) is 4.78. The molecular weight excluding hydrogens is 372 g/mol. The molecule has 1 aliphatic rings. The molecule has 0 saturated carbocycles. The van der Waals surface area contributed by atoms with Crippen LogP contribution < -0.4 is 14.4 Å². The Bertz CT molecular complexity index is 894. The molecule has 0 aromatic heterocycles. The lowest BCUT2D eigenvalue weighted by Crippen LogP contribution is -2.34. The van der Waals surface area contributed by atoms with Gasteiger partial charge in [-0.25, -0.2) is 13.1 Å². The number of anilines is 1. The molecule has 0 spiro atoms. The van der Waals surface area contributed by atoms with Crippen molar-refractivity contribution in [1.82, 2.24) is 4.72 Å². The Morgan fingerprint density at radius 1 is 1.18 bits per heavy atom. The lowest BCUT2D eigenvalue weighted by Gasteiger charge is -2.32. The number of hydrogen-bond acceptors (Lipinski definition) is 4. The van der Waals surface area contributed by atoms with Gasteiger partial charge in [0, 0.05) is 25.3 Å². The average molecular weight is 403 g/mol. The average Bonchev–Trinajstić information content (AvgIpc) is 2.72. The number of hydrogen-bond donors (Lipinski definition) is 1. The fraction of sp³-hybridized carbons (Fsp3) is 0.455. The Hall–Kier alpha value is -2.05. The van der Waals surface area contributed by atoms with Crippen LogP contribution in [0.4, 0.5) is 5.69 Å². The number of methoxy groups -OCH3 is 1. The number of nitrogens with one attached hydrogen (secondary N) is 1. The molecule has 1 fully saturated rings. The van der Waals surface area contributed by atoms with E-state index in [1.54, 1.807) is 25.3 Å². The Balaban J connectivity index is 1.66. The van der Waals surface area contributed by atoms with Crippen molar-refractivity contribution in [1.29, 1.82) is 0 Å². The minimum atomic E-state index is -3.57. The van der Waals surface area contributed by atoms with Gasteiger partial charge >= 0.3 is 0 Å². The molecule has 28 heavy (non-hydrogen) atoms. The largest absolute Gasteiger partial charge is 0.496 e. The number of sulfonamides is 1. The third-order valence-corrected chi connectivity index (χ3v) is 6.77. The van der Waals surface area contributed by atoms with Gasteiger partial charge in [-0.1, -0.05) is 26.0 Å². The van der Waals surface area contributed by atoms with Crippen LogP contribution in [0.15, 0.2) is 47.4 Å². The fourth-order valence-electron chi connectivity index (χ4n) is 3.71. The van der Waals surface area contributed by atoms with Crippen molar-refractivity contribution in [3.63, 3.8) is 0 Å². The van der Waals surface area contributed by atoms with Crippen molar-refractivity contribution in [2.24, 2.45) is 5.92 Å². The number of nitrogens with zero attached hydrogens (tertiary/aromatic N) is 1. The SMILES string of the molecule is CCc1cc(S(=O)(=O)NCc2ccc(N3CCCC(C)C3)cc2)ccc1OC. The number of rotatable bonds is 7. The predicted molar refractivity (Wildman–Crippen MR) is 113 cm³/mol. The standard InChI is InChI=1S/C22H30N2O3S/c1-4-19-14-21(11-12-22(19)27-3)28(25,26)23-15-18-7-9-20(10-8-18)24-13-5-6-17(2)16-24/h7-12,14,17,23H,4-6,13,15-16H2,1-3H3. The van der Waals surface area contributed by atoms with E-state index in [-0.39, 0.29) is 11.4 Å². The number of aryl methyl sites for hydroxylation is 1. The molecule has 0 amide bonds. The van der Waals surface area contributed by atoms with Crippen LogP contribution in [-0.2, 0) is 23.0 Å². The van der Waals surface area contributed by atoms with Gasteiger partial charge in [0.1, 0.15) is 5.75 Å². The van der Waals surface area contributed by atoms with Gasteiger partial charge < -0.3 is 9.64 Å². The molecule has 0 radical (unpaired) electrons. The molecule has 0 bridgehead atoms. The zero-order chi connectivity index (χ0) is 20.1. The minimum Gasteiger partial charge on any atom is -0.496 e. The molecule has 1 unspecified atom stereocenters. The zero-order valence-corrected chi connectivity index (χ0v) is 17.8. The van der Waals surface area contributed by atoms with Crippen molar-refractivity contribution >= 4 is 15.7 Å². The van der Waals surface area contributed by atoms with Gasteiger partial charge in [-0.15, -0.1) is 0 Å². The molecule has 2 aromatic carbocycles. The van der Waals surface area contributed by atoms with Gasteiger partial charge in [-0.2, -0.15) is 0 Å².